The highest BCUT2D eigenvalue weighted by Gasteiger charge is 2.32. The molecule has 5 heteroatoms. The van der Waals surface area contributed by atoms with Gasteiger partial charge in [-0.3, -0.25) is 9.97 Å². The van der Waals surface area contributed by atoms with E-state index in [9.17, 15) is 0 Å². The number of rotatable bonds is 8. The van der Waals surface area contributed by atoms with Crippen molar-refractivity contribution in [2.24, 2.45) is 5.92 Å². The van der Waals surface area contributed by atoms with E-state index in [0.717, 1.165) is 11.4 Å². The van der Waals surface area contributed by atoms with Crippen LogP contribution in [0.5, 0.6) is 0 Å². The van der Waals surface area contributed by atoms with Crippen LogP contribution in [0.4, 0.5) is 5.69 Å². The van der Waals surface area contributed by atoms with Crippen LogP contribution in [0, 0.1) is 5.92 Å². The number of hydrogen-bond donors (Lipinski definition) is 0. The summed E-state index contributed by atoms with van der Waals surface area (Å²) in [5, 5.41) is 0. The summed E-state index contributed by atoms with van der Waals surface area (Å²) in [5.41, 5.74) is 13.6. The maximum Gasteiger partial charge on any atom is 0.112 e. The summed E-state index contributed by atoms with van der Waals surface area (Å²) in [6, 6.07) is 25.5. The van der Waals surface area contributed by atoms with Crippen LogP contribution in [0.1, 0.15) is 198 Å². The van der Waals surface area contributed by atoms with Crippen LogP contribution in [0.3, 0.4) is 0 Å². The van der Waals surface area contributed by atoms with E-state index >= 15 is 0 Å². The molecular weight excluding hydrogens is 695 g/mol. The Morgan fingerprint density at radius 2 is 1.19 bits per heavy atom. The van der Waals surface area contributed by atoms with Crippen LogP contribution in [-0.2, 0) is 19.3 Å². The fraction of sp³-hybridized carbons (Fsp3) is 0.558. The predicted molar refractivity (Wildman–Crippen MR) is 247 cm³/mol. The van der Waals surface area contributed by atoms with Crippen molar-refractivity contribution in [1.29, 1.82) is 0 Å². The quantitative estimate of drug-likeness (QED) is 0.158. The second kappa shape index (κ2) is 20.6. The van der Waals surface area contributed by atoms with E-state index in [1.807, 2.05) is 18.3 Å². The summed E-state index contributed by atoms with van der Waals surface area (Å²) in [6.45, 7) is 35.9. The zero-order valence-electron chi connectivity index (χ0n) is 38.7. The first-order chi connectivity index (χ1) is 26.9. The summed E-state index contributed by atoms with van der Waals surface area (Å²) in [4.78, 5) is 16.6. The van der Waals surface area contributed by atoms with Crippen molar-refractivity contribution in [1.82, 2.24) is 19.5 Å². The lowest BCUT2D eigenvalue weighted by molar-refractivity contribution is 0.448. The Hall–Kier alpha value is -3.99. The fourth-order valence-corrected chi connectivity index (χ4v) is 8.50. The molecule has 5 aromatic rings. The minimum absolute atomic E-state index is 0.467. The number of aryl methyl sites for hydroxylation is 2. The Bertz CT molecular complexity index is 1930. The molecule has 0 radical (unpaired) electrons. The van der Waals surface area contributed by atoms with Gasteiger partial charge >= 0.3 is 0 Å². The van der Waals surface area contributed by atoms with Gasteiger partial charge in [0.05, 0.1) is 11.0 Å². The third-order valence-corrected chi connectivity index (χ3v) is 11.4. The lowest BCUT2D eigenvalue weighted by Gasteiger charge is -2.34. The molecule has 7 rings (SSSR count). The molecule has 3 aromatic heterocycles. The van der Waals surface area contributed by atoms with Gasteiger partial charge in [-0.15, -0.1) is 0 Å². The normalized spacial score (nSPS) is 14.7. The first-order valence-electron chi connectivity index (χ1n) is 22.2. The number of aromatic nitrogens is 4. The van der Waals surface area contributed by atoms with Crippen LogP contribution >= 0.6 is 0 Å². The highest BCUT2D eigenvalue weighted by molar-refractivity contribution is 5.76. The molecule has 0 fully saturated rings. The zero-order valence-corrected chi connectivity index (χ0v) is 38.7. The summed E-state index contributed by atoms with van der Waals surface area (Å²) in [7, 11) is 0. The molecule has 310 valence electrons. The third kappa shape index (κ3) is 11.4. The highest BCUT2D eigenvalue weighted by atomic mass is 15.2. The van der Waals surface area contributed by atoms with Crippen LogP contribution in [-0.4, -0.2) is 31.6 Å². The van der Waals surface area contributed by atoms with Crippen molar-refractivity contribution in [3.63, 3.8) is 0 Å². The maximum atomic E-state index is 4.87. The van der Waals surface area contributed by atoms with Gasteiger partial charge in [0.2, 0.25) is 0 Å². The molecule has 0 bridgehead atoms. The lowest BCUT2D eigenvalue weighted by Crippen LogP contribution is -2.40. The van der Waals surface area contributed by atoms with Gasteiger partial charge < -0.3 is 9.47 Å². The van der Waals surface area contributed by atoms with Crippen LogP contribution in [0.15, 0.2) is 72.9 Å². The minimum atomic E-state index is 0.467. The van der Waals surface area contributed by atoms with E-state index < -0.39 is 0 Å². The molecular formula is C52H77N5. The van der Waals surface area contributed by atoms with Crippen molar-refractivity contribution in [3.05, 3.63) is 118 Å². The number of para-hydroxylation sites is 3. The van der Waals surface area contributed by atoms with Gasteiger partial charge in [0.1, 0.15) is 5.82 Å². The fourth-order valence-electron chi connectivity index (χ4n) is 8.50. The van der Waals surface area contributed by atoms with Gasteiger partial charge in [-0.25, -0.2) is 4.98 Å². The molecule has 2 aromatic carbocycles. The molecule has 0 spiro atoms. The van der Waals surface area contributed by atoms with Crippen molar-refractivity contribution in [3.8, 4) is 0 Å². The minimum Gasteiger partial charge on any atom is -0.365 e. The smallest absolute Gasteiger partial charge is 0.112 e. The summed E-state index contributed by atoms with van der Waals surface area (Å²) >= 11 is 0. The van der Waals surface area contributed by atoms with Crippen molar-refractivity contribution >= 4 is 16.7 Å². The number of fused-ring (bicyclic) bond motifs is 3. The molecule has 1 aliphatic carbocycles. The van der Waals surface area contributed by atoms with Gasteiger partial charge in [-0.1, -0.05) is 126 Å². The van der Waals surface area contributed by atoms with Crippen molar-refractivity contribution in [2.75, 3.05) is 4.90 Å². The number of benzene rings is 2. The van der Waals surface area contributed by atoms with Gasteiger partial charge in [0, 0.05) is 53.0 Å². The molecule has 1 unspecified atom stereocenters. The van der Waals surface area contributed by atoms with Crippen molar-refractivity contribution < 1.29 is 0 Å². The Kier molecular flexibility index (Phi) is 16.5. The van der Waals surface area contributed by atoms with Gasteiger partial charge in [-0.05, 0) is 129 Å². The van der Waals surface area contributed by atoms with E-state index in [1.54, 1.807) is 0 Å². The van der Waals surface area contributed by atoms with E-state index in [1.165, 1.54) is 82.0 Å². The van der Waals surface area contributed by atoms with Crippen LogP contribution in [0.25, 0.3) is 11.0 Å². The second-order valence-corrected chi connectivity index (χ2v) is 18.7. The number of nitrogens with zero attached hydrogens (tertiary/aromatic N) is 5. The SMILES string of the molecule is CC(C)C1Cc2ccccc2N1C(C)C.CC(C)c1cc2c(nc1C(C)C)CCC2.CC(C)c1cccnc1C(C)C.CC(C)c1nc2ccccc2n1C(C)C. The Balaban J connectivity index is 0.000000169. The summed E-state index contributed by atoms with van der Waals surface area (Å²) in [6.07, 6.45) is 6.81. The molecule has 4 heterocycles. The third-order valence-electron chi connectivity index (χ3n) is 11.4. The first kappa shape index (κ1) is 45.7. The molecule has 57 heavy (non-hydrogen) atoms. The molecule has 1 atom stereocenters. The largest absolute Gasteiger partial charge is 0.365 e. The van der Waals surface area contributed by atoms with E-state index in [-0.39, 0.29) is 0 Å². The molecule has 0 saturated carbocycles. The molecule has 0 amide bonds. The molecule has 0 N–H and O–H groups in total. The van der Waals surface area contributed by atoms with Gasteiger partial charge in [0.15, 0.2) is 0 Å². The van der Waals surface area contributed by atoms with Gasteiger partial charge in [0.25, 0.3) is 0 Å². The maximum absolute atomic E-state index is 4.87. The van der Waals surface area contributed by atoms with Gasteiger partial charge in [-0.2, -0.15) is 0 Å². The molecule has 1 aliphatic heterocycles. The average molecular weight is 772 g/mol. The monoisotopic (exact) mass is 772 g/mol. The average Bonchev–Trinajstić information content (AvgIpc) is 3.90. The van der Waals surface area contributed by atoms with E-state index in [2.05, 4.69) is 180 Å². The Labute approximate surface area is 348 Å². The number of anilines is 1. The molecule has 0 saturated heterocycles. The number of pyridine rings is 2. The summed E-state index contributed by atoms with van der Waals surface area (Å²) < 4.78 is 2.33. The first-order valence-corrected chi connectivity index (χ1v) is 22.2. The standard InChI is InChI=1S/2C14H21N.C13H18N2.C11H17N/c1-9(2)12-8-11-6-5-7-13(11)15-14(12)10(3)4;1-10(2)14-9-12-7-5-6-8-13(12)15(14)11(3)4;1-9(2)13-14-11-7-5-6-8-12(11)15(13)10(3)4;1-8(2)10-6-5-7-12-11(10)9(3)4/h8-10H,5-7H2,1-4H3;5-8,10-11,14H,9H2,1-4H3;5-10H,1-4H3;5-9H,1-4H3. The number of hydrogen-bond acceptors (Lipinski definition) is 4. The summed E-state index contributed by atoms with van der Waals surface area (Å²) in [5.74, 6) is 4.64. The molecule has 2 aliphatic rings. The predicted octanol–water partition coefficient (Wildman–Crippen LogP) is 14.4. The van der Waals surface area contributed by atoms with Crippen LogP contribution < -0.4 is 4.90 Å². The second-order valence-electron chi connectivity index (χ2n) is 18.7. The highest BCUT2D eigenvalue weighted by Crippen LogP contribution is 2.36. The van der Waals surface area contributed by atoms with E-state index in [4.69, 9.17) is 9.97 Å². The zero-order chi connectivity index (χ0) is 42.1. The molecule has 5 nitrogen and oxygen atoms in total. The van der Waals surface area contributed by atoms with E-state index in [0.29, 0.717) is 47.7 Å². The number of imidazole rings is 1. The van der Waals surface area contributed by atoms with Crippen LogP contribution in [0.2, 0.25) is 0 Å². The lowest BCUT2D eigenvalue weighted by atomic mass is 9.93. The Morgan fingerprint density at radius 1 is 0.561 bits per heavy atom. The Morgan fingerprint density at radius 3 is 1.75 bits per heavy atom. The topological polar surface area (TPSA) is 46.8 Å². The van der Waals surface area contributed by atoms with Crippen molar-refractivity contribution in [2.45, 2.75) is 184 Å².